The fourth-order valence-corrected chi connectivity index (χ4v) is 3.52. The van der Waals surface area contributed by atoms with Crippen LogP contribution in [0.5, 0.6) is 0 Å². The lowest BCUT2D eigenvalue weighted by Gasteiger charge is -2.48. The van der Waals surface area contributed by atoms with Gasteiger partial charge in [-0.05, 0) is 37.0 Å². The van der Waals surface area contributed by atoms with Gasteiger partial charge in [0.25, 0.3) is 0 Å². The van der Waals surface area contributed by atoms with Gasteiger partial charge in [-0.3, -0.25) is 0 Å². The molecule has 2 heteroatoms. The van der Waals surface area contributed by atoms with Crippen LogP contribution in [0.3, 0.4) is 0 Å². The molecule has 0 bridgehead atoms. The molecule has 0 spiro atoms. The summed E-state index contributed by atoms with van der Waals surface area (Å²) in [5.74, 6) is 1.03. The number of ether oxygens (including phenoxy) is 1. The van der Waals surface area contributed by atoms with Crippen LogP contribution >= 0.6 is 0 Å². The first kappa shape index (κ1) is 12.4. The van der Waals surface area contributed by atoms with Gasteiger partial charge in [0.15, 0.2) is 0 Å². The summed E-state index contributed by atoms with van der Waals surface area (Å²) in [4.78, 5) is 0. The molecule has 0 aliphatic heterocycles. The number of methoxy groups -OCH3 is 1. The first-order valence-corrected chi connectivity index (χ1v) is 7.07. The van der Waals surface area contributed by atoms with Crippen molar-refractivity contribution < 1.29 is 4.74 Å². The third-order valence-electron chi connectivity index (χ3n) is 4.78. The van der Waals surface area contributed by atoms with E-state index in [1.165, 1.54) is 57.9 Å². The monoisotopic (exact) mass is 225 g/mol. The smallest absolute Gasteiger partial charge is 0.0587 e. The van der Waals surface area contributed by atoms with Crippen molar-refractivity contribution in [2.45, 2.75) is 51.4 Å². The van der Waals surface area contributed by atoms with E-state index in [9.17, 15) is 0 Å². The summed E-state index contributed by atoms with van der Waals surface area (Å²) in [6.07, 6.45) is 11.8. The molecular weight excluding hydrogens is 198 g/mol. The third-order valence-corrected chi connectivity index (χ3v) is 4.78. The standard InChI is InChI=1S/C14H27NO/c1-16-11-10-15-12-14(13-6-5-7-13)8-3-2-4-9-14/h13,15H,2-12H2,1H3. The molecule has 2 nitrogen and oxygen atoms in total. The molecule has 2 aliphatic carbocycles. The molecule has 16 heavy (non-hydrogen) atoms. The van der Waals surface area contributed by atoms with Gasteiger partial charge < -0.3 is 10.1 Å². The minimum atomic E-state index is 0.657. The van der Waals surface area contributed by atoms with Crippen LogP contribution in [-0.2, 0) is 4.74 Å². The molecule has 0 aromatic heterocycles. The molecule has 2 aliphatic rings. The van der Waals surface area contributed by atoms with Crippen molar-refractivity contribution in [2.24, 2.45) is 11.3 Å². The van der Waals surface area contributed by atoms with Gasteiger partial charge in [0.05, 0.1) is 6.61 Å². The van der Waals surface area contributed by atoms with Gasteiger partial charge in [-0.15, -0.1) is 0 Å². The molecule has 1 N–H and O–H groups in total. The highest BCUT2D eigenvalue weighted by molar-refractivity contribution is 4.94. The van der Waals surface area contributed by atoms with Crippen LogP contribution in [0.2, 0.25) is 0 Å². The molecule has 2 fully saturated rings. The zero-order valence-corrected chi connectivity index (χ0v) is 10.8. The number of hydrogen-bond acceptors (Lipinski definition) is 2. The summed E-state index contributed by atoms with van der Waals surface area (Å²) >= 11 is 0. The van der Waals surface area contributed by atoms with Crippen molar-refractivity contribution in [1.29, 1.82) is 0 Å². The molecule has 0 amide bonds. The number of nitrogens with one attached hydrogen (secondary N) is 1. The lowest BCUT2D eigenvalue weighted by atomic mass is 9.59. The Morgan fingerprint density at radius 2 is 1.88 bits per heavy atom. The van der Waals surface area contributed by atoms with Crippen LogP contribution < -0.4 is 5.32 Å². The first-order chi connectivity index (χ1) is 7.87. The van der Waals surface area contributed by atoms with Gasteiger partial charge in [0.1, 0.15) is 0 Å². The fourth-order valence-electron chi connectivity index (χ4n) is 3.52. The summed E-state index contributed by atoms with van der Waals surface area (Å²) in [7, 11) is 1.78. The summed E-state index contributed by atoms with van der Waals surface area (Å²) in [5.41, 5.74) is 0.657. The molecule has 0 atom stereocenters. The predicted molar refractivity (Wildman–Crippen MR) is 67.6 cm³/mol. The second-order valence-corrected chi connectivity index (χ2v) is 5.72. The molecule has 0 heterocycles. The highest BCUT2D eigenvalue weighted by Crippen LogP contribution is 2.50. The molecule has 0 radical (unpaired) electrons. The normalized spacial score (nSPS) is 25.3. The quantitative estimate of drug-likeness (QED) is 0.702. The summed E-state index contributed by atoms with van der Waals surface area (Å²) in [6, 6.07) is 0. The van der Waals surface area contributed by atoms with Crippen molar-refractivity contribution in [2.75, 3.05) is 26.8 Å². The fraction of sp³-hybridized carbons (Fsp3) is 1.00. The van der Waals surface area contributed by atoms with Crippen LogP contribution in [0.4, 0.5) is 0 Å². The van der Waals surface area contributed by atoms with Gasteiger partial charge >= 0.3 is 0 Å². The van der Waals surface area contributed by atoms with Crippen LogP contribution in [-0.4, -0.2) is 26.8 Å². The van der Waals surface area contributed by atoms with Gasteiger partial charge in [-0.1, -0.05) is 25.7 Å². The molecule has 0 saturated heterocycles. The molecular formula is C14H27NO. The topological polar surface area (TPSA) is 21.3 Å². The minimum Gasteiger partial charge on any atom is -0.383 e. The molecule has 0 unspecified atom stereocenters. The second-order valence-electron chi connectivity index (χ2n) is 5.72. The van der Waals surface area contributed by atoms with E-state index in [0.717, 1.165) is 19.1 Å². The Morgan fingerprint density at radius 1 is 1.12 bits per heavy atom. The van der Waals surface area contributed by atoms with Gasteiger partial charge in [-0.25, -0.2) is 0 Å². The molecule has 2 saturated carbocycles. The minimum absolute atomic E-state index is 0.657. The maximum absolute atomic E-state index is 5.10. The van der Waals surface area contributed by atoms with Gasteiger partial charge in [0.2, 0.25) is 0 Å². The van der Waals surface area contributed by atoms with Crippen molar-refractivity contribution in [3.05, 3.63) is 0 Å². The van der Waals surface area contributed by atoms with Crippen molar-refractivity contribution in [1.82, 2.24) is 5.32 Å². The van der Waals surface area contributed by atoms with E-state index in [1.54, 1.807) is 7.11 Å². The van der Waals surface area contributed by atoms with Crippen LogP contribution in [0.15, 0.2) is 0 Å². The van der Waals surface area contributed by atoms with E-state index in [2.05, 4.69) is 5.32 Å². The Labute approximate surface area is 100 Å². The third kappa shape index (κ3) is 2.78. The summed E-state index contributed by atoms with van der Waals surface area (Å²) in [6.45, 7) is 3.10. The molecule has 0 aromatic rings. The first-order valence-electron chi connectivity index (χ1n) is 7.07. The Balaban J connectivity index is 1.81. The Bertz CT molecular complexity index is 195. The van der Waals surface area contributed by atoms with Crippen molar-refractivity contribution in [3.8, 4) is 0 Å². The number of rotatable bonds is 6. The molecule has 94 valence electrons. The Hall–Kier alpha value is -0.0800. The maximum atomic E-state index is 5.10. The van der Waals surface area contributed by atoms with Crippen molar-refractivity contribution >= 4 is 0 Å². The maximum Gasteiger partial charge on any atom is 0.0587 e. The SMILES string of the molecule is COCCNCC1(C2CCC2)CCCCC1. The zero-order valence-electron chi connectivity index (χ0n) is 10.8. The van der Waals surface area contributed by atoms with Gasteiger partial charge in [0, 0.05) is 20.2 Å². The average Bonchev–Trinajstić information content (AvgIpc) is 2.23. The van der Waals surface area contributed by atoms with Crippen LogP contribution in [0.25, 0.3) is 0 Å². The molecule has 0 aromatic carbocycles. The van der Waals surface area contributed by atoms with E-state index in [-0.39, 0.29) is 0 Å². The van der Waals surface area contributed by atoms with E-state index in [0.29, 0.717) is 5.41 Å². The van der Waals surface area contributed by atoms with Crippen LogP contribution in [0, 0.1) is 11.3 Å². The van der Waals surface area contributed by atoms with E-state index in [4.69, 9.17) is 4.74 Å². The van der Waals surface area contributed by atoms with E-state index in [1.807, 2.05) is 0 Å². The highest BCUT2D eigenvalue weighted by atomic mass is 16.5. The lowest BCUT2D eigenvalue weighted by molar-refractivity contribution is 0.0392. The Kier molecular flexibility index (Phi) is 4.66. The van der Waals surface area contributed by atoms with Crippen molar-refractivity contribution in [3.63, 3.8) is 0 Å². The second kappa shape index (κ2) is 6.02. The summed E-state index contributed by atoms with van der Waals surface area (Å²) < 4.78 is 5.10. The van der Waals surface area contributed by atoms with E-state index >= 15 is 0 Å². The van der Waals surface area contributed by atoms with E-state index < -0.39 is 0 Å². The van der Waals surface area contributed by atoms with Crippen LogP contribution in [0.1, 0.15) is 51.4 Å². The summed E-state index contributed by atoms with van der Waals surface area (Å²) in [5, 5.41) is 3.62. The Morgan fingerprint density at radius 3 is 2.44 bits per heavy atom. The molecule has 2 rings (SSSR count). The highest BCUT2D eigenvalue weighted by Gasteiger charge is 2.41. The largest absolute Gasteiger partial charge is 0.383 e. The number of hydrogen-bond donors (Lipinski definition) is 1. The zero-order chi connectivity index (χ0) is 11.3. The average molecular weight is 225 g/mol. The lowest BCUT2D eigenvalue weighted by Crippen LogP contribution is -2.45. The van der Waals surface area contributed by atoms with Gasteiger partial charge in [-0.2, -0.15) is 0 Å². The predicted octanol–water partition coefficient (Wildman–Crippen LogP) is 2.97.